The molecule has 0 spiro atoms. The molecule has 0 unspecified atom stereocenters. The van der Waals surface area contributed by atoms with Crippen LogP contribution in [-0.4, -0.2) is 13.0 Å². The fourth-order valence-electron chi connectivity index (χ4n) is 1.59. The monoisotopic (exact) mass is 405 g/mol. The number of hydrogen-bond acceptors (Lipinski definition) is 2. The second kappa shape index (κ2) is 6.41. The quantitative estimate of drug-likeness (QED) is 0.771. The number of nitrogens with one attached hydrogen (secondary N) is 1. The molecule has 0 aliphatic carbocycles. The fourth-order valence-corrected chi connectivity index (χ4v) is 2.60. The molecule has 0 bridgehead atoms. The van der Waals surface area contributed by atoms with E-state index in [9.17, 15) is 9.18 Å². The van der Waals surface area contributed by atoms with Crippen LogP contribution in [0.3, 0.4) is 0 Å². The Balaban J connectivity index is 2.21. The molecule has 0 saturated carbocycles. The van der Waals surface area contributed by atoms with Crippen LogP contribution >= 0.6 is 34.2 Å². The van der Waals surface area contributed by atoms with Crippen LogP contribution in [0.2, 0.25) is 5.02 Å². The smallest absolute Gasteiger partial charge is 0.255 e. The Bertz CT molecular complexity index is 664. The van der Waals surface area contributed by atoms with Crippen LogP contribution in [0.25, 0.3) is 0 Å². The van der Waals surface area contributed by atoms with E-state index < -0.39 is 11.7 Å². The minimum Gasteiger partial charge on any atom is -0.494 e. The Morgan fingerprint density at radius 3 is 2.65 bits per heavy atom. The summed E-state index contributed by atoms with van der Waals surface area (Å²) in [4.78, 5) is 12.0. The number of hydrogen-bond donors (Lipinski definition) is 1. The number of anilines is 1. The van der Waals surface area contributed by atoms with Gasteiger partial charge in [-0.25, -0.2) is 4.39 Å². The largest absolute Gasteiger partial charge is 0.494 e. The Kier molecular flexibility index (Phi) is 4.82. The standard InChI is InChI=1S/C14H10ClFINO2/c1-20-13-5-2-8(6-10(13)16)14(19)18-12-4-3-9(15)7-11(12)17/h2-7H,1H3,(H,18,19). The van der Waals surface area contributed by atoms with Crippen LogP contribution in [0.15, 0.2) is 36.4 Å². The lowest BCUT2D eigenvalue weighted by molar-refractivity contribution is 0.102. The third-order valence-corrected chi connectivity index (χ3v) is 3.72. The van der Waals surface area contributed by atoms with Crippen molar-refractivity contribution in [1.82, 2.24) is 0 Å². The molecule has 0 fully saturated rings. The molecule has 0 aromatic heterocycles. The van der Waals surface area contributed by atoms with E-state index in [2.05, 4.69) is 27.9 Å². The van der Waals surface area contributed by atoms with Gasteiger partial charge in [0, 0.05) is 14.2 Å². The van der Waals surface area contributed by atoms with E-state index in [1.165, 1.54) is 19.2 Å². The van der Waals surface area contributed by atoms with Crippen LogP contribution < -0.4 is 10.1 Å². The lowest BCUT2D eigenvalue weighted by atomic mass is 10.2. The van der Waals surface area contributed by atoms with Gasteiger partial charge < -0.3 is 10.1 Å². The number of halogens is 3. The molecule has 0 aliphatic rings. The predicted octanol–water partition coefficient (Wildman–Crippen LogP) is 4.34. The molecule has 0 saturated heterocycles. The van der Waals surface area contributed by atoms with Gasteiger partial charge in [-0.3, -0.25) is 4.79 Å². The molecule has 1 amide bonds. The SMILES string of the molecule is COc1ccc(C(=O)Nc2ccc(Cl)cc2I)cc1F. The molecule has 3 nitrogen and oxygen atoms in total. The van der Waals surface area contributed by atoms with Gasteiger partial charge in [0.2, 0.25) is 0 Å². The van der Waals surface area contributed by atoms with Crippen molar-refractivity contribution >= 4 is 45.8 Å². The molecule has 104 valence electrons. The first-order chi connectivity index (χ1) is 9.51. The van der Waals surface area contributed by atoms with Crippen molar-refractivity contribution < 1.29 is 13.9 Å². The second-order valence-electron chi connectivity index (χ2n) is 3.93. The maximum Gasteiger partial charge on any atom is 0.255 e. The van der Waals surface area contributed by atoms with Gasteiger partial charge in [-0.05, 0) is 59.0 Å². The molecule has 2 rings (SSSR count). The fraction of sp³-hybridized carbons (Fsp3) is 0.0714. The highest BCUT2D eigenvalue weighted by Crippen LogP contribution is 2.23. The minimum absolute atomic E-state index is 0.0997. The van der Waals surface area contributed by atoms with Gasteiger partial charge in [0.25, 0.3) is 5.91 Å². The number of benzene rings is 2. The van der Waals surface area contributed by atoms with Crippen molar-refractivity contribution in [2.75, 3.05) is 12.4 Å². The average molecular weight is 406 g/mol. The molecule has 6 heteroatoms. The van der Waals surface area contributed by atoms with Crippen molar-refractivity contribution in [2.45, 2.75) is 0 Å². The van der Waals surface area contributed by atoms with Crippen LogP contribution in [0.4, 0.5) is 10.1 Å². The van der Waals surface area contributed by atoms with Gasteiger partial charge >= 0.3 is 0 Å². The Morgan fingerprint density at radius 1 is 1.30 bits per heavy atom. The Hall–Kier alpha value is -1.34. The van der Waals surface area contributed by atoms with Crippen molar-refractivity contribution in [3.8, 4) is 5.75 Å². The molecule has 1 N–H and O–H groups in total. The first-order valence-corrected chi connectivity index (χ1v) is 7.07. The van der Waals surface area contributed by atoms with E-state index in [4.69, 9.17) is 16.3 Å². The molecule has 20 heavy (non-hydrogen) atoms. The van der Waals surface area contributed by atoms with Crippen molar-refractivity contribution in [1.29, 1.82) is 0 Å². The minimum atomic E-state index is -0.578. The van der Waals surface area contributed by atoms with Gasteiger partial charge in [0.15, 0.2) is 11.6 Å². The lowest BCUT2D eigenvalue weighted by Crippen LogP contribution is -2.13. The highest BCUT2D eigenvalue weighted by atomic mass is 127. The predicted molar refractivity (Wildman–Crippen MR) is 85.1 cm³/mol. The molecule has 2 aromatic carbocycles. The van der Waals surface area contributed by atoms with Gasteiger partial charge in [0.1, 0.15) is 0 Å². The molecule has 0 aliphatic heterocycles. The van der Waals surface area contributed by atoms with Crippen molar-refractivity contribution in [3.63, 3.8) is 0 Å². The van der Waals surface area contributed by atoms with Crippen molar-refractivity contribution in [3.05, 3.63) is 56.4 Å². The average Bonchev–Trinajstić information content (AvgIpc) is 2.41. The zero-order chi connectivity index (χ0) is 14.7. The van der Waals surface area contributed by atoms with E-state index in [0.717, 1.165) is 9.64 Å². The molecule has 0 heterocycles. The van der Waals surface area contributed by atoms with Crippen LogP contribution in [-0.2, 0) is 0 Å². The van der Waals surface area contributed by atoms with E-state index >= 15 is 0 Å². The number of carbonyl (C=O) groups excluding carboxylic acids is 1. The van der Waals surface area contributed by atoms with Gasteiger partial charge in [-0.15, -0.1) is 0 Å². The summed E-state index contributed by atoms with van der Waals surface area (Å²) in [5.41, 5.74) is 0.838. The first kappa shape index (κ1) is 15.1. The van der Waals surface area contributed by atoms with Crippen LogP contribution in [0.5, 0.6) is 5.75 Å². The summed E-state index contributed by atoms with van der Waals surface area (Å²) < 4.78 is 19.2. The van der Waals surface area contributed by atoms with Crippen LogP contribution in [0, 0.1) is 9.39 Å². The molecule has 0 atom stereocenters. The molecular formula is C14H10ClFINO2. The van der Waals surface area contributed by atoms with Gasteiger partial charge in [-0.1, -0.05) is 11.6 Å². The van der Waals surface area contributed by atoms with Crippen molar-refractivity contribution in [2.24, 2.45) is 0 Å². The zero-order valence-corrected chi connectivity index (χ0v) is 13.3. The zero-order valence-electron chi connectivity index (χ0n) is 10.4. The van der Waals surface area contributed by atoms with Crippen LogP contribution in [0.1, 0.15) is 10.4 Å². The van der Waals surface area contributed by atoms with E-state index in [-0.39, 0.29) is 11.3 Å². The van der Waals surface area contributed by atoms with Gasteiger partial charge in [0.05, 0.1) is 12.8 Å². The summed E-state index contributed by atoms with van der Waals surface area (Å²) in [6, 6.07) is 9.15. The highest BCUT2D eigenvalue weighted by molar-refractivity contribution is 14.1. The number of rotatable bonds is 3. The first-order valence-electron chi connectivity index (χ1n) is 5.61. The number of carbonyl (C=O) groups is 1. The third-order valence-electron chi connectivity index (χ3n) is 2.59. The summed E-state index contributed by atoms with van der Waals surface area (Å²) in [5, 5.41) is 3.29. The summed E-state index contributed by atoms with van der Waals surface area (Å²) in [6.07, 6.45) is 0. The Morgan fingerprint density at radius 2 is 2.05 bits per heavy atom. The second-order valence-corrected chi connectivity index (χ2v) is 5.53. The summed E-state index contributed by atoms with van der Waals surface area (Å²) >= 11 is 7.91. The van der Waals surface area contributed by atoms with E-state index in [1.54, 1.807) is 18.2 Å². The third kappa shape index (κ3) is 3.40. The van der Waals surface area contributed by atoms with Gasteiger partial charge in [-0.2, -0.15) is 0 Å². The topological polar surface area (TPSA) is 38.3 Å². The Labute approximate surface area is 134 Å². The molecule has 2 aromatic rings. The van der Waals surface area contributed by atoms with E-state index in [0.29, 0.717) is 10.7 Å². The molecule has 0 radical (unpaired) electrons. The number of methoxy groups -OCH3 is 1. The maximum absolute atomic E-state index is 13.6. The molecular weight excluding hydrogens is 396 g/mol. The summed E-state index contributed by atoms with van der Waals surface area (Å²) in [6.45, 7) is 0. The number of ether oxygens (including phenoxy) is 1. The normalized spacial score (nSPS) is 10.2. The lowest BCUT2D eigenvalue weighted by Gasteiger charge is -2.09. The number of amides is 1. The van der Waals surface area contributed by atoms with E-state index in [1.807, 2.05) is 0 Å². The summed E-state index contributed by atoms with van der Waals surface area (Å²) in [7, 11) is 1.37. The highest BCUT2D eigenvalue weighted by Gasteiger charge is 2.11. The maximum atomic E-state index is 13.6. The summed E-state index contributed by atoms with van der Waals surface area (Å²) in [5.74, 6) is -0.875.